The summed E-state index contributed by atoms with van der Waals surface area (Å²) >= 11 is 1.59. The third-order valence-electron chi connectivity index (χ3n) is 5.71. The molecule has 29 heavy (non-hydrogen) atoms. The third kappa shape index (κ3) is 3.51. The minimum absolute atomic E-state index is 0.129. The van der Waals surface area contributed by atoms with Gasteiger partial charge >= 0.3 is 0 Å². The van der Waals surface area contributed by atoms with E-state index in [4.69, 9.17) is 4.42 Å². The van der Waals surface area contributed by atoms with Crippen LogP contribution in [0, 0.1) is 0 Å². The van der Waals surface area contributed by atoms with Crippen LogP contribution in [0.25, 0.3) is 11.1 Å². The molecule has 0 atom stereocenters. The largest absolute Gasteiger partial charge is 0.431 e. The zero-order chi connectivity index (χ0) is 19.8. The quantitative estimate of drug-likeness (QED) is 0.357. The van der Waals surface area contributed by atoms with Gasteiger partial charge in [-0.25, -0.2) is 4.98 Å². The topological polar surface area (TPSA) is 63.4 Å². The van der Waals surface area contributed by atoms with Gasteiger partial charge in [0.15, 0.2) is 17.1 Å². The van der Waals surface area contributed by atoms with Crippen molar-refractivity contribution >= 4 is 34.4 Å². The van der Waals surface area contributed by atoms with Gasteiger partial charge < -0.3 is 9.32 Å². The standard InChI is InChI=1S/C23H22N2O3S/c26-21-15-7-2-3-8-16(15)22(27)18-14-20-19(13-17(18)21)24-23(28-20)29-12-6-11-25-9-4-1-5-10-25/h2-3,7-8,13-14H,1,4-6,9-12H2. The molecule has 1 aliphatic heterocycles. The molecule has 0 amide bonds. The van der Waals surface area contributed by atoms with E-state index >= 15 is 0 Å². The van der Waals surface area contributed by atoms with E-state index in [9.17, 15) is 9.59 Å². The van der Waals surface area contributed by atoms with Crippen molar-refractivity contribution in [3.63, 3.8) is 0 Å². The molecule has 0 saturated carbocycles. The van der Waals surface area contributed by atoms with Crippen LogP contribution in [0.3, 0.4) is 0 Å². The number of likely N-dealkylation sites (tertiary alicyclic amines) is 1. The van der Waals surface area contributed by atoms with Crippen molar-refractivity contribution in [3.05, 3.63) is 58.7 Å². The zero-order valence-electron chi connectivity index (χ0n) is 16.1. The van der Waals surface area contributed by atoms with E-state index in [1.807, 2.05) is 0 Å². The molecular formula is C23H22N2O3S. The maximum absolute atomic E-state index is 12.8. The number of carbonyl (C=O) groups is 2. The lowest BCUT2D eigenvalue weighted by Gasteiger charge is -2.26. The van der Waals surface area contributed by atoms with Crippen LogP contribution in [-0.4, -0.2) is 46.8 Å². The summed E-state index contributed by atoms with van der Waals surface area (Å²) < 4.78 is 5.87. The minimum atomic E-state index is -0.135. The van der Waals surface area contributed by atoms with Crippen LogP contribution in [0.4, 0.5) is 0 Å². The molecule has 1 aromatic heterocycles. The third-order valence-corrected chi connectivity index (χ3v) is 6.62. The monoisotopic (exact) mass is 406 g/mol. The number of oxazole rings is 1. The Kier molecular flexibility index (Phi) is 4.97. The van der Waals surface area contributed by atoms with Gasteiger partial charge in [-0.05, 0) is 51.0 Å². The first-order valence-corrected chi connectivity index (χ1v) is 11.2. The molecule has 1 fully saturated rings. The summed E-state index contributed by atoms with van der Waals surface area (Å²) in [5.74, 6) is 0.673. The average molecular weight is 407 g/mol. The number of aromatic nitrogens is 1. The summed E-state index contributed by atoms with van der Waals surface area (Å²) in [6, 6.07) is 10.3. The molecule has 148 valence electrons. The highest BCUT2D eigenvalue weighted by molar-refractivity contribution is 7.99. The van der Waals surface area contributed by atoms with Crippen LogP contribution in [-0.2, 0) is 0 Å². The van der Waals surface area contributed by atoms with E-state index in [-0.39, 0.29) is 11.6 Å². The van der Waals surface area contributed by atoms with Crippen LogP contribution in [0.15, 0.2) is 46.0 Å². The Hall–Kier alpha value is -2.44. The molecule has 1 saturated heterocycles. The van der Waals surface area contributed by atoms with Gasteiger partial charge in [-0.2, -0.15) is 0 Å². The van der Waals surface area contributed by atoms with E-state index in [1.165, 1.54) is 32.4 Å². The summed E-state index contributed by atoms with van der Waals surface area (Å²) in [5, 5.41) is 0.596. The van der Waals surface area contributed by atoms with E-state index in [2.05, 4.69) is 9.88 Å². The Morgan fingerprint density at radius 1 is 0.931 bits per heavy atom. The Bertz CT molecular complexity index is 1030. The normalized spacial score (nSPS) is 16.8. The number of hydrogen-bond acceptors (Lipinski definition) is 6. The number of benzene rings is 2. The minimum Gasteiger partial charge on any atom is -0.431 e. The Labute approximate surface area is 173 Å². The molecule has 0 bridgehead atoms. The molecule has 0 N–H and O–H groups in total. The van der Waals surface area contributed by atoms with Gasteiger partial charge in [-0.3, -0.25) is 9.59 Å². The molecular weight excluding hydrogens is 384 g/mol. The van der Waals surface area contributed by atoms with E-state index in [0.717, 1.165) is 18.7 Å². The Morgan fingerprint density at radius 2 is 1.62 bits per heavy atom. The van der Waals surface area contributed by atoms with Crippen LogP contribution in [0.2, 0.25) is 0 Å². The highest BCUT2D eigenvalue weighted by Gasteiger charge is 2.30. The lowest BCUT2D eigenvalue weighted by atomic mass is 9.84. The van der Waals surface area contributed by atoms with Crippen LogP contribution in [0.1, 0.15) is 57.5 Å². The number of rotatable bonds is 5. The lowest BCUT2D eigenvalue weighted by molar-refractivity contribution is 0.0979. The predicted molar refractivity (Wildman–Crippen MR) is 113 cm³/mol. The van der Waals surface area contributed by atoms with E-state index in [1.54, 1.807) is 48.2 Å². The van der Waals surface area contributed by atoms with E-state index < -0.39 is 0 Å². The molecule has 0 radical (unpaired) electrons. The lowest BCUT2D eigenvalue weighted by Crippen LogP contribution is -2.30. The second-order valence-corrected chi connectivity index (χ2v) is 8.70. The molecule has 2 aliphatic rings. The van der Waals surface area contributed by atoms with Crippen molar-refractivity contribution in [2.45, 2.75) is 30.9 Å². The molecule has 1 aliphatic carbocycles. The first-order valence-electron chi connectivity index (χ1n) is 10.2. The number of carbonyl (C=O) groups excluding carboxylic acids is 2. The van der Waals surface area contributed by atoms with Gasteiger partial charge in [0.05, 0.1) is 0 Å². The number of ketones is 2. The molecule has 2 heterocycles. The summed E-state index contributed by atoms with van der Waals surface area (Å²) in [4.78, 5) is 32.8. The molecule has 5 nitrogen and oxygen atoms in total. The average Bonchev–Trinajstić information content (AvgIpc) is 3.16. The first kappa shape index (κ1) is 18.6. The predicted octanol–water partition coefficient (Wildman–Crippen LogP) is 4.57. The summed E-state index contributed by atoms with van der Waals surface area (Å²) in [7, 11) is 0. The van der Waals surface area contributed by atoms with Gasteiger partial charge in [0.25, 0.3) is 5.22 Å². The highest BCUT2D eigenvalue weighted by Crippen LogP contribution is 2.32. The van der Waals surface area contributed by atoms with Gasteiger partial charge in [0.1, 0.15) is 5.52 Å². The summed E-state index contributed by atoms with van der Waals surface area (Å²) in [5.41, 5.74) is 2.91. The fourth-order valence-corrected chi connectivity index (χ4v) is 4.95. The zero-order valence-corrected chi connectivity index (χ0v) is 17.0. The van der Waals surface area contributed by atoms with Crippen LogP contribution in [0.5, 0.6) is 0 Å². The summed E-state index contributed by atoms with van der Waals surface area (Å²) in [6.07, 6.45) is 5.06. The fourth-order valence-electron chi connectivity index (χ4n) is 4.19. The second kappa shape index (κ2) is 7.76. The highest BCUT2D eigenvalue weighted by atomic mass is 32.2. The maximum atomic E-state index is 12.8. The number of piperidine rings is 1. The molecule has 6 heteroatoms. The van der Waals surface area contributed by atoms with Crippen molar-refractivity contribution < 1.29 is 14.0 Å². The van der Waals surface area contributed by atoms with Crippen LogP contribution < -0.4 is 0 Å². The molecule has 5 rings (SSSR count). The first-order chi connectivity index (χ1) is 14.2. The van der Waals surface area contributed by atoms with Crippen molar-refractivity contribution in [1.29, 1.82) is 0 Å². The van der Waals surface area contributed by atoms with Gasteiger partial charge in [0, 0.05) is 28.0 Å². The van der Waals surface area contributed by atoms with Gasteiger partial charge in [0.2, 0.25) is 0 Å². The number of nitrogens with zero attached hydrogens (tertiary/aromatic N) is 2. The number of fused-ring (bicyclic) bond motifs is 3. The Balaban J connectivity index is 1.33. The second-order valence-electron chi connectivity index (χ2n) is 7.65. The molecule has 3 aromatic rings. The van der Waals surface area contributed by atoms with Crippen molar-refractivity contribution in [2.24, 2.45) is 0 Å². The SMILES string of the molecule is O=C1c2ccccc2C(=O)c2cc3oc(SCCCN4CCCCC4)nc3cc21. The van der Waals surface area contributed by atoms with Gasteiger partial charge in [-0.15, -0.1) is 0 Å². The Morgan fingerprint density at radius 3 is 2.34 bits per heavy atom. The van der Waals surface area contributed by atoms with Crippen molar-refractivity contribution in [2.75, 3.05) is 25.4 Å². The van der Waals surface area contributed by atoms with Gasteiger partial charge in [-0.1, -0.05) is 42.4 Å². The van der Waals surface area contributed by atoms with Crippen molar-refractivity contribution in [3.8, 4) is 0 Å². The number of thioether (sulfide) groups is 1. The van der Waals surface area contributed by atoms with Crippen LogP contribution >= 0.6 is 11.8 Å². The van der Waals surface area contributed by atoms with E-state index in [0.29, 0.717) is 38.6 Å². The molecule has 0 spiro atoms. The smallest absolute Gasteiger partial charge is 0.256 e. The summed E-state index contributed by atoms with van der Waals surface area (Å²) in [6.45, 7) is 3.54. The molecule has 2 aromatic carbocycles. The maximum Gasteiger partial charge on any atom is 0.256 e. The number of hydrogen-bond donors (Lipinski definition) is 0. The molecule has 0 unspecified atom stereocenters. The fraction of sp³-hybridized carbons (Fsp3) is 0.348. The van der Waals surface area contributed by atoms with Crippen molar-refractivity contribution in [1.82, 2.24) is 9.88 Å².